The van der Waals surface area contributed by atoms with Crippen molar-refractivity contribution in [3.63, 3.8) is 0 Å². The first-order valence-electron chi connectivity index (χ1n) is 5.16. The minimum absolute atomic E-state index is 0.128. The SMILES string of the molecule is CC(=O)NCCc1cc(C(=O)CCl)ccc1F. The second-order valence-corrected chi connectivity index (χ2v) is 3.86. The fraction of sp³-hybridized carbons (Fsp3) is 0.333. The highest BCUT2D eigenvalue weighted by Gasteiger charge is 2.08. The lowest BCUT2D eigenvalue weighted by atomic mass is 10.1. The predicted octanol–water partition coefficient (Wildman–Crippen LogP) is 1.93. The number of rotatable bonds is 5. The van der Waals surface area contributed by atoms with Crippen LogP contribution in [0.2, 0.25) is 0 Å². The molecule has 0 saturated carbocycles. The van der Waals surface area contributed by atoms with Crippen molar-refractivity contribution in [1.82, 2.24) is 5.32 Å². The molecule has 0 unspecified atom stereocenters. The Hall–Kier alpha value is -1.42. The van der Waals surface area contributed by atoms with Gasteiger partial charge >= 0.3 is 0 Å². The summed E-state index contributed by atoms with van der Waals surface area (Å²) in [6, 6.07) is 4.12. The lowest BCUT2D eigenvalue weighted by Gasteiger charge is -2.06. The van der Waals surface area contributed by atoms with Gasteiger partial charge in [0.05, 0.1) is 5.88 Å². The second-order valence-electron chi connectivity index (χ2n) is 3.60. The lowest BCUT2D eigenvalue weighted by Crippen LogP contribution is -2.22. The van der Waals surface area contributed by atoms with Crippen LogP contribution in [0.3, 0.4) is 0 Å². The largest absolute Gasteiger partial charge is 0.356 e. The number of alkyl halides is 1. The number of carbonyl (C=O) groups is 2. The molecule has 1 amide bonds. The Morgan fingerprint density at radius 2 is 2.12 bits per heavy atom. The van der Waals surface area contributed by atoms with E-state index >= 15 is 0 Å². The molecule has 0 fully saturated rings. The van der Waals surface area contributed by atoms with E-state index in [0.29, 0.717) is 24.1 Å². The average molecular weight is 258 g/mol. The van der Waals surface area contributed by atoms with E-state index < -0.39 is 0 Å². The number of carbonyl (C=O) groups excluding carboxylic acids is 2. The maximum Gasteiger partial charge on any atom is 0.216 e. The lowest BCUT2D eigenvalue weighted by molar-refractivity contribution is -0.118. The molecule has 92 valence electrons. The third kappa shape index (κ3) is 4.15. The fourth-order valence-corrected chi connectivity index (χ4v) is 1.54. The number of benzene rings is 1. The van der Waals surface area contributed by atoms with Crippen LogP contribution < -0.4 is 5.32 Å². The normalized spacial score (nSPS) is 10.1. The standard InChI is InChI=1S/C12H13ClFNO2/c1-8(16)15-5-4-9-6-10(12(17)7-13)2-3-11(9)14/h2-3,6H,4-5,7H2,1H3,(H,15,16). The number of hydrogen-bond donors (Lipinski definition) is 1. The van der Waals surface area contributed by atoms with Crippen molar-refractivity contribution in [3.05, 3.63) is 35.1 Å². The van der Waals surface area contributed by atoms with Crippen molar-refractivity contribution in [2.75, 3.05) is 12.4 Å². The zero-order chi connectivity index (χ0) is 12.8. The van der Waals surface area contributed by atoms with Crippen LogP contribution in [0, 0.1) is 5.82 Å². The van der Waals surface area contributed by atoms with E-state index in [-0.39, 0.29) is 23.4 Å². The summed E-state index contributed by atoms with van der Waals surface area (Å²) in [6.07, 6.45) is 0.342. The topological polar surface area (TPSA) is 46.2 Å². The van der Waals surface area contributed by atoms with Crippen LogP contribution in [0.1, 0.15) is 22.8 Å². The molecule has 3 nitrogen and oxygen atoms in total. The summed E-state index contributed by atoms with van der Waals surface area (Å²) >= 11 is 5.42. The monoisotopic (exact) mass is 257 g/mol. The number of nitrogens with one attached hydrogen (secondary N) is 1. The van der Waals surface area contributed by atoms with Gasteiger partial charge in [0.15, 0.2) is 5.78 Å². The van der Waals surface area contributed by atoms with Gasteiger partial charge in [0.25, 0.3) is 0 Å². The highest BCUT2D eigenvalue weighted by molar-refractivity contribution is 6.30. The van der Waals surface area contributed by atoms with Crippen molar-refractivity contribution >= 4 is 23.3 Å². The quantitative estimate of drug-likeness (QED) is 0.647. The predicted molar refractivity (Wildman–Crippen MR) is 63.8 cm³/mol. The van der Waals surface area contributed by atoms with Crippen LogP contribution in [0.4, 0.5) is 4.39 Å². The van der Waals surface area contributed by atoms with Crippen LogP contribution >= 0.6 is 11.6 Å². The van der Waals surface area contributed by atoms with E-state index in [1.165, 1.54) is 25.1 Å². The van der Waals surface area contributed by atoms with Crippen molar-refractivity contribution in [1.29, 1.82) is 0 Å². The summed E-state index contributed by atoms with van der Waals surface area (Å²) in [6.45, 7) is 1.73. The molecule has 0 aliphatic heterocycles. The van der Waals surface area contributed by atoms with Gasteiger partial charge < -0.3 is 5.32 Å². The van der Waals surface area contributed by atoms with Gasteiger partial charge in [-0.05, 0) is 30.2 Å². The molecule has 5 heteroatoms. The van der Waals surface area contributed by atoms with Gasteiger partial charge in [-0.15, -0.1) is 11.6 Å². The zero-order valence-electron chi connectivity index (χ0n) is 9.43. The molecule has 0 atom stereocenters. The highest BCUT2D eigenvalue weighted by atomic mass is 35.5. The summed E-state index contributed by atoms with van der Waals surface area (Å²) in [5.74, 6) is -0.927. The molecule has 1 aromatic rings. The van der Waals surface area contributed by atoms with Crippen molar-refractivity contribution < 1.29 is 14.0 Å². The molecule has 0 radical (unpaired) electrons. The van der Waals surface area contributed by atoms with E-state index in [1.54, 1.807) is 0 Å². The summed E-state index contributed by atoms with van der Waals surface area (Å²) in [7, 11) is 0. The molecule has 0 aromatic heterocycles. The van der Waals surface area contributed by atoms with Gasteiger partial charge in [0.2, 0.25) is 5.91 Å². The van der Waals surface area contributed by atoms with E-state index in [1.807, 2.05) is 0 Å². The van der Waals surface area contributed by atoms with Gasteiger partial charge in [-0.1, -0.05) is 0 Å². The Labute approximate surface area is 104 Å². The van der Waals surface area contributed by atoms with Crippen LogP contribution in [-0.4, -0.2) is 24.1 Å². The second kappa shape index (κ2) is 6.35. The van der Waals surface area contributed by atoms with Crippen LogP contribution in [0.25, 0.3) is 0 Å². The first-order chi connectivity index (χ1) is 8.04. The Balaban J connectivity index is 2.76. The van der Waals surface area contributed by atoms with E-state index in [9.17, 15) is 14.0 Å². The van der Waals surface area contributed by atoms with Crippen molar-refractivity contribution in [3.8, 4) is 0 Å². The van der Waals surface area contributed by atoms with E-state index in [2.05, 4.69) is 5.32 Å². The molecule has 1 aromatic carbocycles. The maximum absolute atomic E-state index is 13.4. The Morgan fingerprint density at radius 1 is 1.41 bits per heavy atom. The minimum Gasteiger partial charge on any atom is -0.356 e. The summed E-state index contributed by atoms with van der Waals surface area (Å²) in [5.41, 5.74) is 0.786. The summed E-state index contributed by atoms with van der Waals surface area (Å²) < 4.78 is 13.4. The van der Waals surface area contributed by atoms with Crippen LogP contribution in [-0.2, 0) is 11.2 Å². The number of Topliss-reactive ketones (excluding diaryl/α,β-unsaturated/α-hetero) is 1. The van der Waals surface area contributed by atoms with Crippen LogP contribution in [0.5, 0.6) is 0 Å². The first kappa shape index (κ1) is 13.6. The number of ketones is 1. The Bertz CT molecular complexity index is 435. The number of hydrogen-bond acceptors (Lipinski definition) is 2. The third-order valence-electron chi connectivity index (χ3n) is 2.26. The Kier molecular flexibility index (Phi) is 5.10. The number of halogens is 2. The molecule has 0 aliphatic rings. The van der Waals surface area contributed by atoms with Gasteiger partial charge in [-0.3, -0.25) is 9.59 Å². The van der Waals surface area contributed by atoms with E-state index in [4.69, 9.17) is 11.6 Å². The smallest absolute Gasteiger partial charge is 0.216 e. The molecule has 0 saturated heterocycles. The maximum atomic E-state index is 13.4. The van der Waals surface area contributed by atoms with Crippen molar-refractivity contribution in [2.45, 2.75) is 13.3 Å². The van der Waals surface area contributed by atoms with Gasteiger partial charge in [0, 0.05) is 19.0 Å². The van der Waals surface area contributed by atoms with Gasteiger partial charge in [0.1, 0.15) is 5.82 Å². The molecule has 1 N–H and O–H groups in total. The molecule has 0 bridgehead atoms. The molecular weight excluding hydrogens is 245 g/mol. The fourth-order valence-electron chi connectivity index (χ4n) is 1.39. The Morgan fingerprint density at radius 3 is 2.71 bits per heavy atom. The highest BCUT2D eigenvalue weighted by Crippen LogP contribution is 2.12. The molecule has 0 heterocycles. The molecular formula is C12H13ClFNO2. The zero-order valence-corrected chi connectivity index (χ0v) is 10.2. The van der Waals surface area contributed by atoms with Crippen LogP contribution in [0.15, 0.2) is 18.2 Å². The van der Waals surface area contributed by atoms with Crippen molar-refractivity contribution in [2.24, 2.45) is 0 Å². The molecule has 1 rings (SSSR count). The first-order valence-corrected chi connectivity index (χ1v) is 5.70. The average Bonchev–Trinajstić information content (AvgIpc) is 2.30. The molecule has 0 aliphatic carbocycles. The molecule has 17 heavy (non-hydrogen) atoms. The minimum atomic E-state index is -0.388. The van der Waals surface area contributed by atoms with Gasteiger partial charge in [-0.2, -0.15) is 0 Å². The third-order valence-corrected chi connectivity index (χ3v) is 2.50. The number of amides is 1. The van der Waals surface area contributed by atoms with E-state index in [0.717, 1.165) is 0 Å². The van der Waals surface area contributed by atoms with Gasteiger partial charge in [-0.25, -0.2) is 4.39 Å². The summed E-state index contributed by atoms with van der Waals surface area (Å²) in [5, 5.41) is 2.57. The molecule has 0 spiro atoms. The summed E-state index contributed by atoms with van der Waals surface area (Å²) in [4.78, 5) is 22.0.